The molecule has 7 heteroatoms. The van der Waals surface area contributed by atoms with E-state index in [9.17, 15) is 4.79 Å². The van der Waals surface area contributed by atoms with Crippen LogP contribution in [-0.2, 0) is 4.79 Å². The number of ether oxygens (including phenoxy) is 1. The van der Waals surface area contributed by atoms with Crippen molar-refractivity contribution in [2.75, 3.05) is 43.9 Å². The Morgan fingerprint density at radius 1 is 1.03 bits per heavy atom. The van der Waals surface area contributed by atoms with E-state index >= 15 is 0 Å². The zero-order valence-corrected chi connectivity index (χ0v) is 18.9. The lowest BCUT2D eigenvalue weighted by Gasteiger charge is -2.34. The number of benzene rings is 3. The maximum Gasteiger partial charge on any atom is 0.260 e. The fourth-order valence-corrected chi connectivity index (χ4v) is 5.52. The lowest BCUT2D eigenvalue weighted by atomic mass is 10.1. The number of rotatable bonds is 5. The first-order valence-electron chi connectivity index (χ1n) is 10.3. The molecule has 1 saturated heterocycles. The van der Waals surface area contributed by atoms with Gasteiger partial charge in [-0.25, -0.2) is 4.98 Å². The van der Waals surface area contributed by atoms with Crippen LogP contribution in [0.5, 0.6) is 5.75 Å². The molecule has 0 N–H and O–H groups in total. The van der Waals surface area contributed by atoms with E-state index in [-0.39, 0.29) is 12.5 Å². The molecule has 0 spiro atoms. The number of amides is 1. The molecule has 1 fully saturated rings. The third-order valence-electron chi connectivity index (χ3n) is 5.58. The standard InChI is InChI=1S/C24H23N3O2S2/c1-30-20-7-4-8-21-23(20)25-24(31-21)27-13-11-26(12-14-27)22(28)16-29-19-10-9-17-5-2-3-6-18(17)15-19/h2-10,15H,11-14,16H2,1H3. The van der Waals surface area contributed by atoms with Crippen molar-refractivity contribution in [1.29, 1.82) is 0 Å². The monoisotopic (exact) mass is 449 g/mol. The van der Waals surface area contributed by atoms with E-state index in [0.717, 1.165) is 40.3 Å². The minimum atomic E-state index is 0.0294. The van der Waals surface area contributed by atoms with Crippen LogP contribution in [0.15, 0.2) is 65.6 Å². The van der Waals surface area contributed by atoms with Gasteiger partial charge in [0.2, 0.25) is 0 Å². The summed E-state index contributed by atoms with van der Waals surface area (Å²) in [5.74, 6) is 0.756. The molecule has 31 heavy (non-hydrogen) atoms. The Bertz CT molecular complexity index is 1230. The van der Waals surface area contributed by atoms with Crippen LogP contribution in [0.1, 0.15) is 0 Å². The number of fused-ring (bicyclic) bond motifs is 2. The lowest BCUT2D eigenvalue weighted by Crippen LogP contribution is -2.50. The zero-order valence-electron chi connectivity index (χ0n) is 17.3. The van der Waals surface area contributed by atoms with Crippen molar-refractivity contribution in [3.63, 3.8) is 0 Å². The van der Waals surface area contributed by atoms with E-state index in [1.54, 1.807) is 23.1 Å². The van der Waals surface area contributed by atoms with E-state index in [4.69, 9.17) is 9.72 Å². The summed E-state index contributed by atoms with van der Waals surface area (Å²) in [5.41, 5.74) is 1.08. The number of carbonyl (C=O) groups excluding carboxylic acids is 1. The summed E-state index contributed by atoms with van der Waals surface area (Å²) in [6.45, 7) is 3.01. The van der Waals surface area contributed by atoms with Crippen molar-refractivity contribution in [1.82, 2.24) is 9.88 Å². The highest BCUT2D eigenvalue weighted by Gasteiger charge is 2.23. The van der Waals surface area contributed by atoms with Crippen LogP contribution in [0.2, 0.25) is 0 Å². The van der Waals surface area contributed by atoms with Crippen molar-refractivity contribution >= 4 is 55.1 Å². The summed E-state index contributed by atoms with van der Waals surface area (Å²) in [6.07, 6.45) is 2.08. The minimum absolute atomic E-state index is 0.0294. The molecule has 0 aliphatic carbocycles. The first kappa shape index (κ1) is 20.2. The number of anilines is 1. The molecule has 5 rings (SSSR count). The second kappa shape index (κ2) is 8.77. The van der Waals surface area contributed by atoms with Gasteiger partial charge in [-0.15, -0.1) is 11.8 Å². The number of thiazole rings is 1. The van der Waals surface area contributed by atoms with Gasteiger partial charge >= 0.3 is 0 Å². The molecule has 0 saturated carbocycles. The second-order valence-corrected chi connectivity index (χ2v) is 9.33. The number of para-hydroxylation sites is 1. The first-order valence-corrected chi connectivity index (χ1v) is 12.3. The van der Waals surface area contributed by atoms with Gasteiger partial charge in [-0.2, -0.15) is 0 Å². The third kappa shape index (κ3) is 4.20. The Morgan fingerprint density at radius 3 is 2.65 bits per heavy atom. The molecule has 3 aromatic carbocycles. The fourth-order valence-electron chi connectivity index (χ4n) is 3.85. The molecule has 0 radical (unpaired) electrons. The Morgan fingerprint density at radius 2 is 1.84 bits per heavy atom. The topological polar surface area (TPSA) is 45.7 Å². The summed E-state index contributed by atoms with van der Waals surface area (Å²) in [7, 11) is 0. The van der Waals surface area contributed by atoms with E-state index < -0.39 is 0 Å². The Balaban J connectivity index is 1.18. The summed E-state index contributed by atoms with van der Waals surface area (Å²) in [6, 6.07) is 20.4. The third-order valence-corrected chi connectivity index (χ3v) is 7.43. The highest BCUT2D eigenvalue weighted by Crippen LogP contribution is 2.34. The van der Waals surface area contributed by atoms with Crippen molar-refractivity contribution in [3.05, 3.63) is 60.7 Å². The average Bonchev–Trinajstić information content (AvgIpc) is 3.27. The van der Waals surface area contributed by atoms with E-state index in [1.807, 2.05) is 41.3 Å². The lowest BCUT2D eigenvalue weighted by molar-refractivity contribution is -0.133. The van der Waals surface area contributed by atoms with Gasteiger partial charge in [0, 0.05) is 31.1 Å². The summed E-state index contributed by atoms with van der Waals surface area (Å²) >= 11 is 3.45. The number of carbonyl (C=O) groups is 1. The van der Waals surface area contributed by atoms with Gasteiger partial charge in [-0.05, 0) is 41.3 Å². The van der Waals surface area contributed by atoms with Gasteiger partial charge in [0.1, 0.15) is 5.75 Å². The van der Waals surface area contributed by atoms with Gasteiger partial charge in [-0.3, -0.25) is 4.79 Å². The Labute approximate surface area is 189 Å². The first-order chi connectivity index (χ1) is 15.2. The van der Waals surface area contributed by atoms with Crippen LogP contribution in [0.4, 0.5) is 5.13 Å². The van der Waals surface area contributed by atoms with Crippen molar-refractivity contribution < 1.29 is 9.53 Å². The molecule has 5 nitrogen and oxygen atoms in total. The van der Waals surface area contributed by atoms with Crippen LogP contribution in [-0.4, -0.2) is 54.8 Å². The van der Waals surface area contributed by atoms with Crippen LogP contribution in [0.25, 0.3) is 21.0 Å². The molecule has 158 valence electrons. The predicted octanol–water partition coefficient (Wildman–Crippen LogP) is 4.90. The van der Waals surface area contributed by atoms with Gasteiger partial charge in [0.05, 0.1) is 10.2 Å². The zero-order chi connectivity index (χ0) is 21.2. The smallest absolute Gasteiger partial charge is 0.260 e. The molecular weight excluding hydrogens is 426 g/mol. The van der Waals surface area contributed by atoms with Crippen molar-refractivity contribution in [2.24, 2.45) is 0 Å². The van der Waals surface area contributed by atoms with Gasteiger partial charge in [-0.1, -0.05) is 47.7 Å². The summed E-state index contributed by atoms with van der Waals surface area (Å²) in [4.78, 5) is 22.9. The quantitative estimate of drug-likeness (QED) is 0.406. The largest absolute Gasteiger partial charge is 0.484 e. The fraction of sp³-hybridized carbons (Fsp3) is 0.250. The molecule has 1 aliphatic heterocycles. The molecule has 0 atom stereocenters. The SMILES string of the molecule is CSc1cccc2sc(N3CCN(C(=O)COc4ccc5ccccc5c4)CC3)nc12. The normalized spacial score (nSPS) is 14.4. The van der Waals surface area contributed by atoms with E-state index in [1.165, 1.54) is 9.60 Å². The van der Waals surface area contributed by atoms with Gasteiger partial charge < -0.3 is 14.5 Å². The van der Waals surface area contributed by atoms with Crippen LogP contribution < -0.4 is 9.64 Å². The van der Waals surface area contributed by atoms with E-state index in [0.29, 0.717) is 13.1 Å². The molecule has 0 unspecified atom stereocenters. The number of hydrogen-bond donors (Lipinski definition) is 0. The number of nitrogens with zero attached hydrogens (tertiary/aromatic N) is 3. The maximum atomic E-state index is 12.7. The van der Waals surface area contributed by atoms with Crippen molar-refractivity contribution in [2.45, 2.75) is 4.90 Å². The summed E-state index contributed by atoms with van der Waals surface area (Å²) < 4.78 is 7.00. The Hall–Kier alpha value is -2.77. The molecule has 0 bridgehead atoms. The number of thioether (sulfide) groups is 1. The van der Waals surface area contributed by atoms with Crippen LogP contribution >= 0.6 is 23.1 Å². The minimum Gasteiger partial charge on any atom is -0.484 e. The highest BCUT2D eigenvalue weighted by atomic mass is 32.2. The Kier molecular flexibility index (Phi) is 5.70. The maximum absolute atomic E-state index is 12.7. The molecular formula is C24H23N3O2S2. The van der Waals surface area contributed by atoms with Crippen LogP contribution in [0.3, 0.4) is 0 Å². The molecule has 1 amide bonds. The highest BCUT2D eigenvalue weighted by molar-refractivity contribution is 7.98. The molecule has 1 aromatic heterocycles. The molecule has 2 heterocycles. The average molecular weight is 450 g/mol. The predicted molar refractivity (Wildman–Crippen MR) is 130 cm³/mol. The number of piperazine rings is 1. The van der Waals surface area contributed by atoms with Crippen LogP contribution in [0, 0.1) is 0 Å². The van der Waals surface area contributed by atoms with Gasteiger partial charge in [0.15, 0.2) is 11.7 Å². The molecule has 1 aliphatic rings. The second-order valence-electron chi connectivity index (χ2n) is 7.47. The van der Waals surface area contributed by atoms with Crippen molar-refractivity contribution in [3.8, 4) is 5.75 Å². The van der Waals surface area contributed by atoms with Gasteiger partial charge in [0.25, 0.3) is 5.91 Å². The number of aromatic nitrogens is 1. The number of hydrogen-bond acceptors (Lipinski definition) is 6. The molecule has 4 aromatic rings. The van der Waals surface area contributed by atoms with E-state index in [2.05, 4.69) is 35.4 Å². The summed E-state index contributed by atoms with van der Waals surface area (Å²) in [5, 5.41) is 3.31.